The van der Waals surface area contributed by atoms with Crippen LogP contribution in [-0.4, -0.2) is 29.3 Å². The van der Waals surface area contributed by atoms with Gasteiger partial charge in [-0.1, -0.05) is 6.07 Å². The Morgan fingerprint density at radius 2 is 2.05 bits per heavy atom. The molecular weight excluding hydrogens is 290 g/mol. The van der Waals surface area contributed by atoms with Gasteiger partial charge in [-0.2, -0.15) is 0 Å². The summed E-state index contributed by atoms with van der Waals surface area (Å²) in [6, 6.07) is 3.01. The van der Waals surface area contributed by atoms with E-state index in [9.17, 15) is 22.3 Å². The molecule has 0 aliphatic rings. The first kappa shape index (κ1) is 14.6. The van der Waals surface area contributed by atoms with Gasteiger partial charge >= 0.3 is 0 Å². The maximum atomic E-state index is 13.1. The average Bonchev–Trinajstić information content (AvgIpc) is 2.80. The molecule has 1 aromatic carbocycles. The van der Waals surface area contributed by atoms with Gasteiger partial charge in [0.15, 0.2) is 11.6 Å². The lowest BCUT2D eigenvalue weighted by atomic mass is 10.1. The number of aliphatic hydroxyl groups is 1. The molecule has 0 bridgehead atoms. The van der Waals surface area contributed by atoms with E-state index in [1.165, 1.54) is 23.0 Å². The Morgan fingerprint density at radius 1 is 1.35 bits per heavy atom. The maximum absolute atomic E-state index is 13.1. The van der Waals surface area contributed by atoms with Crippen LogP contribution in [0.25, 0.3) is 0 Å². The third-order valence-corrected chi connectivity index (χ3v) is 3.71. The van der Waals surface area contributed by atoms with Gasteiger partial charge in [0.2, 0.25) is 15.0 Å². The minimum Gasteiger partial charge on any atom is -0.387 e. The second kappa shape index (κ2) is 5.29. The highest BCUT2D eigenvalue weighted by Crippen LogP contribution is 2.19. The topological polar surface area (TPSA) is 72.2 Å². The molecule has 1 aromatic heterocycles. The summed E-state index contributed by atoms with van der Waals surface area (Å²) in [5, 5.41) is 9.77. The van der Waals surface area contributed by atoms with Crippen LogP contribution in [0.2, 0.25) is 0 Å². The van der Waals surface area contributed by atoms with Gasteiger partial charge in [-0.15, -0.1) is 0 Å². The molecule has 0 radical (unpaired) electrons. The highest BCUT2D eigenvalue weighted by molar-refractivity contribution is 7.90. The third kappa shape index (κ3) is 3.02. The molecular formula is C12H12F2N2O3S. The van der Waals surface area contributed by atoms with Gasteiger partial charge < -0.3 is 9.67 Å². The minimum atomic E-state index is -3.53. The Kier molecular flexibility index (Phi) is 3.87. The number of sulfone groups is 1. The van der Waals surface area contributed by atoms with E-state index >= 15 is 0 Å². The molecule has 0 aliphatic carbocycles. The van der Waals surface area contributed by atoms with Crippen molar-refractivity contribution in [1.82, 2.24) is 9.55 Å². The van der Waals surface area contributed by atoms with E-state index in [-0.39, 0.29) is 17.3 Å². The molecule has 0 aliphatic heterocycles. The summed E-state index contributed by atoms with van der Waals surface area (Å²) in [5.74, 6) is -2.09. The quantitative estimate of drug-likeness (QED) is 0.924. The van der Waals surface area contributed by atoms with Crippen molar-refractivity contribution in [3.05, 3.63) is 47.8 Å². The molecule has 1 N–H and O–H groups in total. The summed E-state index contributed by atoms with van der Waals surface area (Å²) in [6.07, 6.45) is 2.49. The van der Waals surface area contributed by atoms with E-state index in [2.05, 4.69) is 4.98 Å². The van der Waals surface area contributed by atoms with Gasteiger partial charge in [-0.25, -0.2) is 22.2 Å². The lowest BCUT2D eigenvalue weighted by molar-refractivity contribution is 0.152. The predicted octanol–water partition coefficient (Wildman–Crippen LogP) is 1.30. The molecule has 0 fully saturated rings. The largest absolute Gasteiger partial charge is 0.387 e. The summed E-state index contributed by atoms with van der Waals surface area (Å²) in [6.45, 7) is -0.131. The van der Waals surface area contributed by atoms with Crippen LogP contribution in [0.15, 0.2) is 35.7 Å². The molecule has 1 atom stereocenters. The fraction of sp³-hybridized carbons (Fsp3) is 0.250. The molecule has 0 saturated carbocycles. The third-order valence-electron chi connectivity index (χ3n) is 2.71. The number of benzene rings is 1. The number of hydrogen-bond donors (Lipinski definition) is 1. The number of imidazole rings is 1. The molecule has 20 heavy (non-hydrogen) atoms. The molecule has 0 saturated heterocycles. The van der Waals surface area contributed by atoms with Crippen molar-refractivity contribution in [3.63, 3.8) is 0 Å². The second-order valence-electron chi connectivity index (χ2n) is 4.32. The van der Waals surface area contributed by atoms with Crippen LogP contribution in [0, 0.1) is 11.6 Å². The zero-order valence-corrected chi connectivity index (χ0v) is 11.3. The van der Waals surface area contributed by atoms with Gasteiger partial charge in [0, 0.05) is 18.6 Å². The van der Waals surface area contributed by atoms with Crippen LogP contribution >= 0.6 is 0 Å². The van der Waals surface area contributed by atoms with Crippen molar-refractivity contribution in [2.24, 2.45) is 0 Å². The summed E-state index contributed by atoms with van der Waals surface area (Å²) in [5.41, 5.74) is 0.150. The lowest BCUT2D eigenvalue weighted by Gasteiger charge is -2.13. The Morgan fingerprint density at radius 3 is 2.65 bits per heavy atom. The minimum absolute atomic E-state index is 0.131. The number of aromatic nitrogens is 2. The van der Waals surface area contributed by atoms with E-state index in [1.807, 2.05) is 0 Å². The average molecular weight is 302 g/mol. The molecule has 5 nitrogen and oxygen atoms in total. The molecule has 2 aromatic rings. The summed E-state index contributed by atoms with van der Waals surface area (Å²) in [7, 11) is -3.53. The fourth-order valence-electron chi connectivity index (χ4n) is 1.77. The SMILES string of the molecule is CS(=O)(=O)c1nccn1CC(O)c1ccc(F)c(F)c1. The van der Waals surface area contributed by atoms with E-state index < -0.39 is 27.6 Å². The Labute approximate surface area is 114 Å². The van der Waals surface area contributed by atoms with Gasteiger partial charge in [0.1, 0.15) is 0 Å². The van der Waals surface area contributed by atoms with Gasteiger partial charge in [0.25, 0.3) is 0 Å². The number of hydrogen-bond acceptors (Lipinski definition) is 4. The Bertz CT molecular complexity index is 728. The van der Waals surface area contributed by atoms with Crippen LogP contribution in [0.5, 0.6) is 0 Å². The first-order chi connectivity index (χ1) is 9.29. The molecule has 1 unspecified atom stereocenters. The van der Waals surface area contributed by atoms with E-state index in [1.54, 1.807) is 0 Å². The van der Waals surface area contributed by atoms with Crippen LogP contribution in [0.3, 0.4) is 0 Å². The van der Waals surface area contributed by atoms with Crippen LogP contribution < -0.4 is 0 Å². The van der Waals surface area contributed by atoms with E-state index in [0.717, 1.165) is 18.4 Å². The lowest BCUT2D eigenvalue weighted by Crippen LogP contribution is -2.14. The van der Waals surface area contributed by atoms with Crippen molar-refractivity contribution in [2.75, 3.05) is 6.26 Å². The monoisotopic (exact) mass is 302 g/mol. The summed E-state index contributed by atoms with van der Waals surface area (Å²) < 4.78 is 50.0. The van der Waals surface area contributed by atoms with Gasteiger partial charge in [-0.3, -0.25) is 0 Å². The smallest absolute Gasteiger partial charge is 0.227 e. The van der Waals surface area contributed by atoms with Crippen molar-refractivity contribution < 1.29 is 22.3 Å². The fourth-order valence-corrected chi connectivity index (χ4v) is 2.59. The van der Waals surface area contributed by atoms with Crippen molar-refractivity contribution >= 4 is 9.84 Å². The molecule has 0 amide bonds. The number of aliphatic hydroxyl groups excluding tert-OH is 1. The van der Waals surface area contributed by atoms with Crippen molar-refractivity contribution in [3.8, 4) is 0 Å². The highest BCUT2D eigenvalue weighted by atomic mass is 32.2. The standard InChI is InChI=1S/C12H12F2N2O3S/c1-20(18,19)12-15-4-5-16(12)7-11(17)8-2-3-9(13)10(14)6-8/h2-6,11,17H,7H2,1H3. The Hall–Kier alpha value is -1.80. The van der Waals surface area contributed by atoms with Gasteiger partial charge in [0.05, 0.1) is 12.6 Å². The molecule has 108 valence electrons. The molecule has 1 heterocycles. The zero-order valence-electron chi connectivity index (χ0n) is 10.5. The number of halogens is 2. The van der Waals surface area contributed by atoms with Crippen LogP contribution in [-0.2, 0) is 16.4 Å². The summed E-state index contributed by atoms with van der Waals surface area (Å²) in [4.78, 5) is 3.70. The molecule has 2 rings (SSSR count). The Balaban J connectivity index is 2.26. The molecule has 8 heteroatoms. The second-order valence-corrected chi connectivity index (χ2v) is 6.23. The van der Waals surface area contributed by atoms with Gasteiger partial charge in [-0.05, 0) is 17.7 Å². The van der Waals surface area contributed by atoms with E-state index in [0.29, 0.717) is 0 Å². The van der Waals surface area contributed by atoms with Crippen molar-refractivity contribution in [1.29, 1.82) is 0 Å². The van der Waals surface area contributed by atoms with Crippen molar-refractivity contribution in [2.45, 2.75) is 17.8 Å². The highest BCUT2D eigenvalue weighted by Gasteiger charge is 2.18. The first-order valence-electron chi connectivity index (χ1n) is 5.63. The molecule has 0 spiro atoms. The number of rotatable bonds is 4. The zero-order chi connectivity index (χ0) is 14.9. The first-order valence-corrected chi connectivity index (χ1v) is 7.52. The van der Waals surface area contributed by atoms with Crippen LogP contribution in [0.4, 0.5) is 8.78 Å². The van der Waals surface area contributed by atoms with E-state index in [4.69, 9.17) is 0 Å². The van der Waals surface area contributed by atoms with Crippen LogP contribution in [0.1, 0.15) is 11.7 Å². The maximum Gasteiger partial charge on any atom is 0.227 e. The normalized spacial score (nSPS) is 13.4. The predicted molar refractivity (Wildman–Crippen MR) is 66.7 cm³/mol. The number of nitrogens with zero attached hydrogens (tertiary/aromatic N) is 2. The summed E-state index contributed by atoms with van der Waals surface area (Å²) >= 11 is 0.